The van der Waals surface area contributed by atoms with E-state index in [9.17, 15) is 40.9 Å². The highest BCUT2D eigenvalue weighted by atomic mass is 16.5. The largest absolute Gasteiger partial charge is 0.508 e. The highest BCUT2D eigenvalue weighted by Crippen LogP contribution is 2.38. The lowest BCUT2D eigenvalue weighted by molar-refractivity contribution is 0.0578. The summed E-state index contributed by atoms with van der Waals surface area (Å²) in [5.41, 5.74) is 7.01. The summed E-state index contributed by atoms with van der Waals surface area (Å²) >= 11 is 0. The minimum absolute atomic E-state index is 0.0116. The average Bonchev–Trinajstić information content (AvgIpc) is 1.07. The predicted octanol–water partition coefficient (Wildman–Crippen LogP) is 13.5. The van der Waals surface area contributed by atoms with Crippen LogP contribution in [0.4, 0.5) is 0 Å². The first-order chi connectivity index (χ1) is 46.4. The molecule has 8 rings (SSSR count). The van der Waals surface area contributed by atoms with Crippen LogP contribution in [0, 0.1) is 23.7 Å². The van der Waals surface area contributed by atoms with Crippen LogP contribution in [0.3, 0.4) is 0 Å². The molecule has 0 fully saturated rings. The molecular weight excluding hydrogens is 1230 g/mol. The number of phenolic OH excluding ortho intramolecular Hbond substituents is 8. The quantitative estimate of drug-likeness (QED) is 0.0167. The number of hydrogen-bond acceptors (Lipinski definition) is 20. The van der Waals surface area contributed by atoms with Crippen LogP contribution in [0.2, 0.25) is 0 Å². The van der Waals surface area contributed by atoms with E-state index in [1.54, 1.807) is 105 Å². The molecule has 8 aromatic rings. The Morgan fingerprint density at radius 3 is 0.688 bits per heavy atom. The molecule has 0 aliphatic carbocycles. The van der Waals surface area contributed by atoms with Gasteiger partial charge in [-0.25, -0.2) is 0 Å². The second kappa shape index (κ2) is 38.1. The minimum Gasteiger partial charge on any atom is -0.508 e. The maximum Gasteiger partial charge on any atom is 0.160 e. The van der Waals surface area contributed by atoms with Crippen molar-refractivity contribution in [3.63, 3.8) is 0 Å². The van der Waals surface area contributed by atoms with E-state index in [1.165, 1.54) is 24.3 Å². The lowest BCUT2D eigenvalue weighted by Crippen LogP contribution is -2.25. The standard InChI is InChI=1S/2C38H46O10/c2*1-43-35-9-7-25(18-37(35)45-3)12-29(6-5-11-47-22-27-14-31(39)20-32(40)15-27)30(13-26-8-10-36(44-2)38(19-26)46-4)24-48-23-28-16-33(41)21-34(42)17-28/h2*7-10,14-21,29-30,39-42H,5-6,11-13,22-24H2,1-4H3/t2*29-,30+/m10/s1. The summed E-state index contributed by atoms with van der Waals surface area (Å²) in [6.45, 7) is 2.73. The summed E-state index contributed by atoms with van der Waals surface area (Å²) in [5.74, 6) is 5.44. The van der Waals surface area contributed by atoms with Crippen molar-refractivity contribution in [1.29, 1.82) is 0 Å². The smallest absolute Gasteiger partial charge is 0.160 e. The number of aromatic hydroxyl groups is 8. The zero-order valence-electron chi connectivity index (χ0n) is 56.0. The van der Waals surface area contributed by atoms with Gasteiger partial charge in [0, 0.05) is 37.5 Å². The predicted molar refractivity (Wildman–Crippen MR) is 363 cm³/mol. The Hall–Kier alpha value is -9.60. The van der Waals surface area contributed by atoms with Gasteiger partial charge in [-0.05, 0) is 217 Å². The van der Waals surface area contributed by atoms with Crippen LogP contribution >= 0.6 is 0 Å². The van der Waals surface area contributed by atoms with Gasteiger partial charge in [0.1, 0.15) is 46.0 Å². The number of benzene rings is 8. The second-order valence-electron chi connectivity index (χ2n) is 23.5. The molecule has 4 atom stereocenters. The van der Waals surface area contributed by atoms with Crippen molar-refractivity contribution in [2.45, 2.75) is 77.8 Å². The van der Waals surface area contributed by atoms with Gasteiger partial charge in [-0.3, -0.25) is 0 Å². The first-order valence-corrected chi connectivity index (χ1v) is 31.6. The molecule has 8 N–H and O–H groups in total. The molecule has 0 aliphatic heterocycles. The molecule has 0 saturated heterocycles. The van der Waals surface area contributed by atoms with Gasteiger partial charge >= 0.3 is 0 Å². The van der Waals surface area contributed by atoms with Crippen molar-refractivity contribution in [3.8, 4) is 92.0 Å². The molecular formula is C76H92O20. The van der Waals surface area contributed by atoms with E-state index < -0.39 is 0 Å². The maximum atomic E-state index is 9.97. The molecule has 0 saturated carbocycles. The van der Waals surface area contributed by atoms with Gasteiger partial charge in [0.2, 0.25) is 0 Å². The number of ether oxygens (including phenoxy) is 12. The molecule has 96 heavy (non-hydrogen) atoms. The van der Waals surface area contributed by atoms with E-state index in [1.807, 2.05) is 72.8 Å². The number of phenols is 8. The zero-order valence-corrected chi connectivity index (χ0v) is 56.0. The van der Waals surface area contributed by atoms with Crippen LogP contribution < -0.4 is 37.9 Å². The fourth-order valence-corrected chi connectivity index (χ4v) is 11.9. The Morgan fingerprint density at radius 2 is 0.458 bits per heavy atom. The molecule has 0 bridgehead atoms. The van der Waals surface area contributed by atoms with Crippen molar-refractivity contribution in [2.75, 3.05) is 83.3 Å². The molecule has 0 amide bonds. The summed E-state index contributed by atoms with van der Waals surface area (Å²) in [5, 5.41) is 79.1. The van der Waals surface area contributed by atoms with Gasteiger partial charge in [0.15, 0.2) is 46.0 Å². The highest BCUT2D eigenvalue weighted by Gasteiger charge is 2.27. The van der Waals surface area contributed by atoms with Crippen molar-refractivity contribution in [3.05, 3.63) is 190 Å². The lowest BCUT2D eigenvalue weighted by atomic mass is 9.80. The molecule has 20 heteroatoms. The summed E-state index contributed by atoms with van der Waals surface area (Å²) < 4.78 is 68.7. The molecule has 516 valence electrons. The lowest BCUT2D eigenvalue weighted by Gasteiger charge is -2.28. The first kappa shape index (κ1) is 73.8. The van der Waals surface area contributed by atoms with Crippen molar-refractivity contribution in [2.24, 2.45) is 23.7 Å². The van der Waals surface area contributed by atoms with Crippen LogP contribution in [-0.2, 0) is 71.1 Å². The van der Waals surface area contributed by atoms with Crippen LogP contribution in [-0.4, -0.2) is 124 Å². The Labute approximate surface area is 562 Å². The molecule has 0 aromatic heterocycles. The van der Waals surface area contributed by atoms with Gasteiger partial charge in [-0.15, -0.1) is 0 Å². The minimum atomic E-state index is -0.0252. The molecule has 0 heterocycles. The Morgan fingerprint density at radius 1 is 0.240 bits per heavy atom. The molecule has 0 unspecified atom stereocenters. The fraction of sp³-hybridized carbons (Fsp3) is 0.368. The molecule has 0 radical (unpaired) electrons. The normalized spacial score (nSPS) is 12.3. The van der Waals surface area contributed by atoms with Gasteiger partial charge in [-0.1, -0.05) is 24.3 Å². The van der Waals surface area contributed by atoms with E-state index >= 15 is 0 Å². The highest BCUT2D eigenvalue weighted by molar-refractivity contribution is 5.47. The third-order valence-corrected chi connectivity index (χ3v) is 16.4. The van der Waals surface area contributed by atoms with E-state index in [0.29, 0.717) is 108 Å². The van der Waals surface area contributed by atoms with Crippen LogP contribution in [0.15, 0.2) is 146 Å². The monoisotopic (exact) mass is 1320 g/mol. The average molecular weight is 1330 g/mol. The van der Waals surface area contributed by atoms with Gasteiger partial charge in [0.05, 0.1) is 96.5 Å². The number of rotatable bonds is 38. The molecule has 0 spiro atoms. The van der Waals surface area contributed by atoms with Crippen molar-refractivity contribution in [1.82, 2.24) is 0 Å². The van der Waals surface area contributed by atoms with Crippen LogP contribution in [0.25, 0.3) is 0 Å². The molecule has 0 aliphatic rings. The maximum absolute atomic E-state index is 9.97. The molecule has 20 nitrogen and oxygen atoms in total. The van der Waals surface area contributed by atoms with E-state index in [2.05, 4.69) is 0 Å². The van der Waals surface area contributed by atoms with Crippen LogP contribution in [0.1, 0.15) is 70.2 Å². The van der Waals surface area contributed by atoms with E-state index in [0.717, 1.165) is 60.8 Å². The van der Waals surface area contributed by atoms with Crippen LogP contribution in [0.5, 0.6) is 92.0 Å². The Kier molecular flexibility index (Phi) is 29.3. The fourth-order valence-electron chi connectivity index (χ4n) is 11.9. The van der Waals surface area contributed by atoms with E-state index in [4.69, 9.17) is 56.8 Å². The van der Waals surface area contributed by atoms with Crippen molar-refractivity contribution >= 4 is 0 Å². The molecule has 8 aromatic carbocycles. The summed E-state index contributed by atoms with van der Waals surface area (Å²) in [6.07, 6.45) is 5.98. The third kappa shape index (κ3) is 23.4. The Bertz CT molecular complexity index is 3370. The van der Waals surface area contributed by atoms with Gasteiger partial charge in [0.25, 0.3) is 0 Å². The third-order valence-electron chi connectivity index (χ3n) is 16.4. The topological polar surface area (TPSA) is 273 Å². The van der Waals surface area contributed by atoms with Gasteiger partial charge in [-0.2, -0.15) is 0 Å². The zero-order chi connectivity index (χ0) is 68.9. The SMILES string of the molecule is COc1ccc(C[C@@H](CCCOCc2cc(O)cc(O)c2)[C@H](COCc2cc(O)cc(O)c2)Cc2ccc(OC)c(OC)c2)cc1OC.COc1ccc(C[C@H](CCCOCc2cc(O)cc(O)c2)[C@@H](COCc2cc(O)cc(O)c2)Cc2ccc(OC)c(OC)c2)cc1OC. The summed E-state index contributed by atoms with van der Waals surface area (Å²) in [6, 6.07) is 41.5. The van der Waals surface area contributed by atoms with Crippen molar-refractivity contribution < 1.29 is 97.7 Å². The summed E-state index contributed by atoms with van der Waals surface area (Å²) in [7, 11) is 12.9. The number of hydrogen-bond donors (Lipinski definition) is 8. The first-order valence-electron chi connectivity index (χ1n) is 31.6. The van der Waals surface area contributed by atoms with E-state index in [-0.39, 0.29) is 96.1 Å². The second-order valence-corrected chi connectivity index (χ2v) is 23.5. The summed E-state index contributed by atoms with van der Waals surface area (Å²) in [4.78, 5) is 0. The Balaban J connectivity index is 0.000000271. The number of methoxy groups -OCH3 is 8. The van der Waals surface area contributed by atoms with Gasteiger partial charge < -0.3 is 97.7 Å².